The third-order valence-corrected chi connectivity index (χ3v) is 5.74. The summed E-state index contributed by atoms with van der Waals surface area (Å²) in [4.78, 5) is 9.64. The molecule has 0 bridgehead atoms. The van der Waals surface area contributed by atoms with Crippen molar-refractivity contribution in [3.05, 3.63) is 34.2 Å². The number of nitrogens with one attached hydrogen (secondary N) is 2. The summed E-state index contributed by atoms with van der Waals surface area (Å²) in [5.74, 6) is -0.560. The Hall–Kier alpha value is -2.17. The number of aliphatic imine (C=N–C) groups is 1. The van der Waals surface area contributed by atoms with E-state index in [-0.39, 0.29) is 41.0 Å². The zero-order valence-electron chi connectivity index (χ0n) is 14.7. The highest BCUT2D eigenvalue weighted by Gasteiger charge is 2.27. The van der Waals surface area contributed by atoms with Gasteiger partial charge in [-0.15, -0.1) is 0 Å². The van der Waals surface area contributed by atoms with Crippen LogP contribution in [0, 0.1) is 5.82 Å². The van der Waals surface area contributed by atoms with Gasteiger partial charge in [-0.05, 0) is 57.3 Å². The van der Waals surface area contributed by atoms with Crippen molar-refractivity contribution in [1.29, 1.82) is 0 Å². The van der Waals surface area contributed by atoms with Gasteiger partial charge in [-0.2, -0.15) is 12.7 Å². The summed E-state index contributed by atoms with van der Waals surface area (Å²) in [6, 6.07) is 4.01. The topological polar surface area (TPSA) is 168 Å². The van der Waals surface area contributed by atoms with Crippen LogP contribution in [0.5, 0.6) is 0 Å². The molecule has 1 aliphatic heterocycles. The van der Waals surface area contributed by atoms with Gasteiger partial charge in [0.05, 0.1) is 16.3 Å². The minimum absolute atomic E-state index is 0.00918. The number of aromatic nitrogens is 2. The lowest BCUT2D eigenvalue weighted by molar-refractivity contribution is 0.0570. The quantitative estimate of drug-likeness (QED) is 0.261. The minimum Gasteiger partial charge on any atom is -0.290 e. The molecule has 5 N–H and O–H groups in total. The fourth-order valence-corrected chi connectivity index (χ4v) is 3.66. The van der Waals surface area contributed by atoms with Crippen LogP contribution in [0.2, 0.25) is 0 Å². The van der Waals surface area contributed by atoms with Gasteiger partial charge in [-0.1, -0.05) is 0 Å². The van der Waals surface area contributed by atoms with E-state index in [9.17, 15) is 18.0 Å². The molecule has 12 nitrogen and oxygen atoms in total. The average Bonchev–Trinajstić information content (AvgIpc) is 3.15. The molecule has 158 valence electrons. The summed E-state index contributed by atoms with van der Waals surface area (Å²) in [7, 11) is -3.72. The van der Waals surface area contributed by atoms with Crippen molar-refractivity contribution in [2.75, 3.05) is 18.6 Å². The van der Waals surface area contributed by atoms with Crippen molar-refractivity contribution in [3.63, 3.8) is 0 Å². The van der Waals surface area contributed by atoms with Crippen molar-refractivity contribution in [1.82, 2.24) is 20.1 Å². The molecule has 2 aromatic rings. The minimum atomic E-state index is -3.72. The Kier molecular flexibility index (Phi) is 6.76. The third-order valence-electron chi connectivity index (χ3n) is 4.05. The molecule has 1 aromatic heterocycles. The molecule has 0 aliphatic carbocycles. The van der Waals surface area contributed by atoms with Crippen LogP contribution in [0.3, 0.4) is 0 Å². The molecule has 1 saturated heterocycles. The summed E-state index contributed by atoms with van der Waals surface area (Å²) in [6.45, 7) is 0.443. The summed E-state index contributed by atoms with van der Waals surface area (Å²) in [5.41, 5.74) is 4.78. The van der Waals surface area contributed by atoms with Crippen molar-refractivity contribution in [2.45, 2.75) is 18.9 Å². The Bertz CT molecular complexity index is 994. The predicted octanol–water partition coefficient (Wildman–Crippen LogP) is 1.04. The van der Waals surface area contributed by atoms with Gasteiger partial charge >= 0.3 is 0 Å². The number of piperidine rings is 1. The van der Waals surface area contributed by atoms with Crippen LogP contribution >= 0.6 is 15.9 Å². The Labute approximate surface area is 173 Å². The number of benzene rings is 1. The molecule has 0 radical (unpaired) electrons. The van der Waals surface area contributed by atoms with Crippen molar-refractivity contribution in [2.24, 2.45) is 10.1 Å². The van der Waals surface area contributed by atoms with E-state index in [0.717, 1.165) is 4.31 Å². The first-order valence-electron chi connectivity index (χ1n) is 8.24. The normalized spacial score (nSPS) is 16.8. The van der Waals surface area contributed by atoms with Crippen LogP contribution in [0.4, 0.5) is 15.9 Å². The highest BCUT2D eigenvalue weighted by molar-refractivity contribution is 9.10. The van der Waals surface area contributed by atoms with Crippen LogP contribution in [0.1, 0.15) is 18.5 Å². The van der Waals surface area contributed by atoms with E-state index in [1.165, 1.54) is 18.2 Å². The summed E-state index contributed by atoms with van der Waals surface area (Å²) >= 11 is 3.05. The first-order valence-corrected chi connectivity index (χ1v) is 10.5. The summed E-state index contributed by atoms with van der Waals surface area (Å²) < 4.78 is 42.0. The van der Waals surface area contributed by atoms with Crippen LogP contribution in [-0.2, 0) is 15.0 Å². The van der Waals surface area contributed by atoms with E-state index < -0.39 is 16.0 Å². The van der Waals surface area contributed by atoms with Crippen LogP contribution in [-0.4, -0.2) is 53.3 Å². The van der Waals surface area contributed by atoms with Gasteiger partial charge in [0.25, 0.3) is 10.2 Å². The fourth-order valence-electron chi connectivity index (χ4n) is 2.57. The molecule has 15 heteroatoms. The molecule has 2 heterocycles. The van der Waals surface area contributed by atoms with Gasteiger partial charge in [0.2, 0.25) is 5.82 Å². The predicted molar refractivity (Wildman–Crippen MR) is 102 cm³/mol. The van der Waals surface area contributed by atoms with E-state index in [4.69, 9.17) is 9.98 Å². The zero-order valence-corrected chi connectivity index (χ0v) is 17.2. The van der Waals surface area contributed by atoms with E-state index in [0.29, 0.717) is 18.5 Å². The SMILES string of the molecule is NS(=O)(=O)N1CCC(ONc2nonc2C(=Nc2ccc(F)c(Br)c2)NO)CC1. The van der Waals surface area contributed by atoms with Gasteiger partial charge in [0.15, 0.2) is 11.5 Å². The average molecular weight is 494 g/mol. The highest BCUT2D eigenvalue weighted by Crippen LogP contribution is 2.23. The number of rotatable bonds is 6. The lowest BCUT2D eigenvalue weighted by atomic mass is 10.1. The van der Waals surface area contributed by atoms with E-state index in [2.05, 4.69) is 41.3 Å². The number of halogens is 2. The monoisotopic (exact) mass is 493 g/mol. The number of nitrogens with two attached hydrogens (primary N) is 1. The lowest BCUT2D eigenvalue weighted by Gasteiger charge is -2.29. The van der Waals surface area contributed by atoms with E-state index in [1.807, 2.05) is 5.48 Å². The van der Waals surface area contributed by atoms with Crippen LogP contribution in [0.15, 0.2) is 32.3 Å². The number of hydrogen-bond acceptors (Lipinski definition) is 9. The molecular weight excluding hydrogens is 477 g/mol. The molecule has 0 spiro atoms. The van der Waals surface area contributed by atoms with Gasteiger partial charge in [-0.25, -0.2) is 24.6 Å². The van der Waals surface area contributed by atoms with Gasteiger partial charge in [-0.3, -0.25) is 15.5 Å². The second-order valence-electron chi connectivity index (χ2n) is 6.00. The van der Waals surface area contributed by atoms with Gasteiger partial charge in [0, 0.05) is 13.1 Å². The molecule has 0 atom stereocenters. The maximum Gasteiger partial charge on any atom is 0.276 e. The summed E-state index contributed by atoms with van der Waals surface area (Å²) in [6.07, 6.45) is 0.507. The smallest absolute Gasteiger partial charge is 0.276 e. The Morgan fingerprint density at radius 2 is 2.14 bits per heavy atom. The Morgan fingerprint density at radius 1 is 1.41 bits per heavy atom. The zero-order chi connectivity index (χ0) is 21.0. The first-order chi connectivity index (χ1) is 13.8. The molecular formula is C14H17BrFN7O5S. The second kappa shape index (κ2) is 9.10. The molecule has 0 saturated carbocycles. The van der Waals surface area contributed by atoms with Crippen molar-refractivity contribution < 1.29 is 27.5 Å². The molecule has 1 fully saturated rings. The molecule has 29 heavy (non-hydrogen) atoms. The molecule has 3 rings (SSSR count). The number of anilines is 1. The van der Waals surface area contributed by atoms with Crippen molar-refractivity contribution >= 4 is 43.5 Å². The van der Waals surface area contributed by atoms with Gasteiger partial charge in [0.1, 0.15) is 5.82 Å². The number of nitrogens with zero attached hydrogens (tertiary/aromatic N) is 4. The lowest BCUT2D eigenvalue weighted by Crippen LogP contribution is -2.44. The maximum atomic E-state index is 13.4. The Morgan fingerprint density at radius 3 is 2.76 bits per heavy atom. The molecule has 0 amide bonds. The number of hydroxylamine groups is 1. The molecule has 1 aromatic carbocycles. The Balaban J connectivity index is 1.67. The maximum absolute atomic E-state index is 13.4. The highest BCUT2D eigenvalue weighted by atomic mass is 79.9. The molecule has 1 aliphatic rings. The largest absolute Gasteiger partial charge is 0.290 e. The van der Waals surface area contributed by atoms with Crippen LogP contribution in [0.25, 0.3) is 0 Å². The van der Waals surface area contributed by atoms with Crippen molar-refractivity contribution in [3.8, 4) is 0 Å². The number of amidine groups is 1. The van der Waals surface area contributed by atoms with E-state index in [1.54, 1.807) is 0 Å². The number of hydrogen-bond donors (Lipinski definition) is 4. The van der Waals surface area contributed by atoms with E-state index >= 15 is 0 Å². The third kappa shape index (κ3) is 5.46. The van der Waals surface area contributed by atoms with Gasteiger partial charge < -0.3 is 0 Å². The fraction of sp³-hybridized carbons (Fsp3) is 0.357. The van der Waals surface area contributed by atoms with Crippen LogP contribution < -0.4 is 16.1 Å². The summed E-state index contributed by atoms with van der Waals surface area (Å²) in [5, 5.41) is 21.8. The molecule has 0 unspecified atom stereocenters. The first kappa shape index (κ1) is 21.5. The second-order valence-corrected chi connectivity index (χ2v) is 8.40. The standard InChI is InChI=1S/C14H17BrFN7O5S/c15-10-7-8(1-2-11(10)16)18-13(19-24)12-14(22-28-20-12)21-27-9-3-5-23(6-4-9)29(17,25)26/h1-2,7,9,24H,3-6H2,(H,18,19)(H,21,22)(H2,17,25,26).